The molecule has 0 saturated heterocycles. The SMILES string of the molecule is Cc1nc(C)c(C(C)NCC2(O)CCCCCC2)s1. The lowest BCUT2D eigenvalue weighted by atomic mass is 9.94. The molecule has 0 amide bonds. The third kappa shape index (κ3) is 4.01. The molecule has 1 aromatic rings. The normalized spacial score (nSPS) is 21.1. The van der Waals surface area contributed by atoms with E-state index >= 15 is 0 Å². The van der Waals surface area contributed by atoms with Crippen LogP contribution in [0, 0.1) is 13.8 Å². The van der Waals surface area contributed by atoms with Gasteiger partial charge in [0.2, 0.25) is 0 Å². The summed E-state index contributed by atoms with van der Waals surface area (Å²) in [6, 6.07) is 0.276. The number of nitrogens with zero attached hydrogens (tertiary/aromatic N) is 1. The molecule has 1 unspecified atom stereocenters. The van der Waals surface area contributed by atoms with Crippen molar-refractivity contribution in [3.63, 3.8) is 0 Å². The maximum absolute atomic E-state index is 10.6. The lowest BCUT2D eigenvalue weighted by Gasteiger charge is -2.28. The predicted octanol–water partition coefficient (Wildman–Crippen LogP) is 3.50. The molecular weight excluding hydrogens is 256 g/mol. The Bertz CT molecular complexity index is 408. The predicted molar refractivity (Wildman–Crippen MR) is 80.7 cm³/mol. The van der Waals surface area contributed by atoms with Crippen LogP contribution in [0.2, 0.25) is 0 Å². The second-order valence-corrected chi connectivity index (χ2v) is 7.16. The maximum atomic E-state index is 10.6. The van der Waals surface area contributed by atoms with Gasteiger partial charge in [-0.25, -0.2) is 4.98 Å². The number of nitrogens with one attached hydrogen (secondary N) is 1. The first-order valence-electron chi connectivity index (χ1n) is 7.40. The van der Waals surface area contributed by atoms with Gasteiger partial charge in [-0.3, -0.25) is 0 Å². The zero-order valence-electron chi connectivity index (χ0n) is 12.3. The van der Waals surface area contributed by atoms with E-state index < -0.39 is 5.60 Å². The van der Waals surface area contributed by atoms with Gasteiger partial charge in [-0.1, -0.05) is 25.7 Å². The highest BCUT2D eigenvalue weighted by Crippen LogP contribution is 2.28. The van der Waals surface area contributed by atoms with Crippen molar-refractivity contribution in [3.05, 3.63) is 15.6 Å². The van der Waals surface area contributed by atoms with Crippen LogP contribution in [0.1, 0.15) is 67.1 Å². The van der Waals surface area contributed by atoms with Crippen LogP contribution in [0.15, 0.2) is 0 Å². The smallest absolute Gasteiger partial charge is 0.0900 e. The van der Waals surface area contributed by atoms with Crippen molar-refractivity contribution in [3.8, 4) is 0 Å². The maximum Gasteiger partial charge on any atom is 0.0900 e. The highest BCUT2D eigenvalue weighted by molar-refractivity contribution is 7.11. The molecular formula is C15H26N2OS. The van der Waals surface area contributed by atoms with E-state index in [1.54, 1.807) is 11.3 Å². The molecule has 2 N–H and O–H groups in total. The molecule has 1 aliphatic rings. The highest BCUT2D eigenvalue weighted by Gasteiger charge is 2.28. The number of aryl methyl sites for hydroxylation is 2. The summed E-state index contributed by atoms with van der Waals surface area (Å²) in [5.41, 5.74) is 0.619. The van der Waals surface area contributed by atoms with E-state index in [-0.39, 0.29) is 6.04 Å². The van der Waals surface area contributed by atoms with Gasteiger partial charge in [0.1, 0.15) is 0 Å². The average Bonchev–Trinajstić information content (AvgIpc) is 2.58. The van der Waals surface area contributed by atoms with Crippen LogP contribution in [-0.2, 0) is 0 Å². The van der Waals surface area contributed by atoms with Gasteiger partial charge in [0.25, 0.3) is 0 Å². The number of hydrogen-bond donors (Lipinski definition) is 2. The van der Waals surface area contributed by atoms with Gasteiger partial charge >= 0.3 is 0 Å². The Morgan fingerprint density at radius 3 is 2.42 bits per heavy atom. The fraction of sp³-hybridized carbons (Fsp3) is 0.800. The van der Waals surface area contributed by atoms with Crippen LogP contribution >= 0.6 is 11.3 Å². The Morgan fingerprint density at radius 1 is 1.26 bits per heavy atom. The summed E-state index contributed by atoms with van der Waals surface area (Å²) in [6.45, 7) is 6.98. The van der Waals surface area contributed by atoms with Crippen molar-refractivity contribution in [2.75, 3.05) is 6.54 Å². The summed E-state index contributed by atoms with van der Waals surface area (Å²) < 4.78 is 0. The lowest BCUT2D eigenvalue weighted by Crippen LogP contribution is -2.41. The Kier molecular flexibility index (Phi) is 4.98. The fourth-order valence-corrected chi connectivity index (χ4v) is 3.90. The van der Waals surface area contributed by atoms with Crippen molar-refractivity contribution in [2.45, 2.75) is 70.9 Å². The standard InChI is InChI=1S/C15H26N2OS/c1-11(14-12(2)17-13(3)19-14)16-10-15(18)8-6-4-5-7-9-15/h11,16,18H,4-10H2,1-3H3. The van der Waals surface area contributed by atoms with Crippen LogP contribution in [0.4, 0.5) is 0 Å². The van der Waals surface area contributed by atoms with E-state index in [0.717, 1.165) is 36.4 Å². The molecule has 1 heterocycles. The molecule has 0 radical (unpaired) electrons. The minimum atomic E-state index is -0.502. The summed E-state index contributed by atoms with van der Waals surface area (Å²) in [6.07, 6.45) is 6.73. The third-order valence-corrected chi connectivity index (χ3v) is 5.36. The Balaban J connectivity index is 1.92. The molecule has 0 aliphatic heterocycles. The molecule has 1 saturated carbocycles. The minimum absolute atomic E-state index is 0.276. The zero-order valence-corrected chi connectivity index (χ0v) is 13.1. The van der Waals surface area contributed by atoms with Crippen molar-refractivity contribution < 1.29 is 5.11 Å². The van der Waals surface area contributed by atoms with E-state index in [4.69, 9.17) is 0 Å². The molecule has 1 aromatic heterocycles. The molecule has 1 aliphatic carbocycles. The molecule has 0 bridgehead atoms. The van der Waals surface area contributed by atoms with Crippen molar-refractivity contribution in [2.24, 2.45) is 0 Å². The van der Waals surface area contributed by atoms with Gasteiger partial charge in [-0.15, -0.1) is 11.3 Å². The lowest BCUT2D eigenvalue weighted by molar-refractivity contribution is 0.0232. The van der Waals surface area contributed by atoms with Gasteiger partial charge in [0, 0.05) is 17.5 Å². The van der Waals surface area contributed by atoms with Gasteiger partial charge in [0.05, 0.1) is 16.3 Å². The fourth-order valence-electron chi connectivity index (χ4n) is 2.95. The van der Waals surface area contributed by atoms with Crippen LogP contribution in [0.5, 0.6) is 0 Å². The molecule has 4 heteroatoms. The molecule has 1 atom stereocenters. The zero-order chi connectivity index (χ0) is 13.9. The quantitative estimate of drug-likeness (QED) is 0.831. The summed E-state index contributed by atoms with van der Waals surface area (Å²) in [4.78, 5) is 5.78. The average molecular weight is 282 g/mol. The van der Waals surface area contributed by atoms with Crippen LogP contribution in [-0.4, -0.2) is 22.2 Å². The van der Waals surface area contributed by atoms with Gasteiger partial charge in [-0.2, -0.15) is 0 Å². The largest absolute Gasteiger partial charge is 0.389 e. The monoisotopic (exact) mass is 282 g/mol. The second kappa shape index (κ2) is 6.33. The van der Waals surface area contributed by atoms with Gasteiger partial charge < -0.3 is 10.4 Å². The molecule has 0 aromatic carbocycles. The topological polar surface area (TPSA) is 45.2 Å². The van der Waals surface area contributed by atoms with Crippen LogP contribution in [0.25, 0.3) is 0 Å². The van der Waals surface area contributed by atoms with Gasteiger partial charge in [0.15, 0.2) is 0 Å². The number of rotatable bonds is 4. The Labute approximate surface area is 120 Å². The van der Waals surface area contributed by atoms with Crippen LogP contribution < -0.4 is 5.32 Å². The number of aromatic nitrogens is 1. The summed E-state index contributed by atoms with van der Waals surface area (Å²) in [5, 5.41) is 15.3. The van der Waals surface area contributed by atoms with E-state index in [0.29, 0.717) is 6.54 Å². The first-order valence-corrected chi connectivity index (χ1v) is 8.21. The molecule has 108 valence electrons. The van der Waals surface area contributed by atoms with E-state index in [9.17, 15) is 5.11 Å². The van der Waals surface area contributed by atoms with E-state index in [1.807, 2.05) is 6.92 Å². The van der Waals surface area contributed by atoms with E-state index in [2.05, 4.69) is 24.1 Å². The Hall–Kier alpha value is -0.450. The van der Waals surface area contributed by atoms with Gasteiger partial charge in [-0.05, 0) is 33.6 Å². The van der Waals surface area contributed by atoms with Crippen molar-refractivity contribution >= 4 is 11.3 Å². The summed E-state index contributed by atoms with van der Waals surface area (Å²) in [5.74, 6) is 0. The number of thiazole rings is 1. The molecule has 3 nitrogen and oxygen atoms in total. The molecule has 19 heavy (non-hydrogen) atoms. The first-order chi connectivity index (χ1) is 9.00. The van der Waals surface area contributed by atoms with Crippen molar-refractivity contribution in [1.29, 1.82) is 0 Å². The van der Waals surface area contributed by atoms with Crippen LogP contribution in [0.3, 0.4) is 0 Å². The highest BCUT2D eigenvalue weighted by atomic mass is 32.1. The number of aliphatic hydroxyl groups is 1. The minimum Gasteiger partial charge on any atom is -0.389 e. The third-order valence-electron chi connectivity index (χ3n) is 4.10. The summed E-state index contributed by atoms with van der Waals surface area (Å²) >= 11 is 1.76. The molecule has 1 fully saturated rings. The number of hydrogen-bond acceptors (Lipinski definition) is 4. The van der Waals surface area contributed by atoms with E-state index in [1.165, 1.54) is 17.7 Å². The van der Waals surface area contributed by atoms with Crippen molar-refractivity contribution in [1.82, 2.24) is 10.3 Å². The molecule has 0 spiro atoms. The Morgan fingerprint density at radius 2 is 1.89 bits per heavy atom. The summed E-state index contributed by atoms with van der Waals surface area (Å²) in [7, 11) is 0. The second-order valence-electron chi connectivity index (χ2n) is 5.92. The first kappa shape index (κ1) is 14.9. The molecule has 2 rings (SSSR count).